The van der Waals surface area contributed by atoms with E-state index in [9.17, 15) is 0 Å². The molecule has 1 heterocycles. The molecule has 4 nitrogen and oxygen atoms in total. The summed E-state index contributed by atoms with van der Waals surface area (Å²) in [5, 5.41) is 0. The van der Waals surface area contributed by atoms with Gasteiger partial charge < -0.3 is 14.2 Å². The molecule has 0 spiro atoms. The minimum absolute atomic E-state index is 0.652. The fourth-order valence-corrected chi connectivity index (χ4v) is 2.48. The first-order valence-corrected chi connectivity index (χ1v) is 6.53. The summed E-state index contributed by atoms with van der Waals surface area (Å²) < 4.78 is 16.9. The van der Waals surface area contributed by atoms with Crippen LogP contribution in [0.25, 0.3) is 0 Å². The molecular formula is C16H17NO3. The Bertz CT molecular complexity index is 668. The van der Waals surface area contributed by atoms with Crippen LogP contribution in [0.1, 0.15) is 18.9 Å². The van der Waals surface area contributed by atoms with E-state index in [1.165, 1.54) is 0 Å². The van der Waals surface area contributed by atoms with Crippen molar-refractivity contribution >= 4 is 11.4 Å². The second-order valence-corrected chi connectivity index (χ2v) is 4.98. The van der Waals surface area contributed by atoms with E-state index in [1.54, 1.807) is 14.2 Å². The molecule has 1 aromatic rings. The first-order valence-electron chi connectivity index (χ1n) is 6.53. The van der Waals surface area contributed by atoms with E-state index in [1.807, 2.05) is 32.0 Å². The van der Waals surface area contributed by atoms with Crippen molar-refractivity contribution in [1.29, 1.82) is 0 Å². The number of aliphatic imine (C=N–C) groups is 1. The molecule has 104 valence electrons. The number of benzene rings is 1. The number of rotatable bonds is 2. The Morgan fingerprint density at radius 2 is 1.95 bits per heavy atom. The highest BCUT2D eigenvalue weighted by Gasteiger charge is 2.31. The molecule has 20 heavy (non-hydrogen) atoms. The molecule has 0 radical (unpaired) electrons. The summed E-state index contributed by atoms with van der Waals surface area (Å²) in [7, 11) is 3.27. The average Bonchev–Trinajstić information content (AvgIpc) is 2.45. The zero-order chi connectivity index (χ0) is 14.3. The lowest BCUT2D eigenvalue weighted by Gasteiger charge is -2.27. The number of ether oxygens (including phenoxy) is 3. The van der Waals surface area contributed by atoms with Crippen molar-refractivity contribution in [3.8, 4) is 5.75 Å². The van der Waals surface area contributed by atoms with Gasteiger partial charge in [0, 0.05) is 6.42 Å². The SMILES string of the molecule is COC1=C(OC)C2=Nc3ccc(C)cc3OC2=C(C)C1. The third kappa shape index (κ3) is 1.88. The van der Waals surface area contributed by atoms with Crippen LogP contribution in [0.15, 0.2) is 46.0 Å². The Kier molecular flexibility index (Phi) is 3.01. The summed E-state index contributed by atoms with van der Waals surface area (Å²) in [6, 6.07) is 5.97. The lowest BCUT2D eigenvalue weighted by Crippen LogP contribution is -2.23. The van der Waals surface area contributed by atoms with Gasteiger partial charge in [-0.05, 0) is 37.1 Å². The summed E-state index contributed by atoms with van der Waals surface area (Å²) in [6.07, 6.45) is 0.676. The molecule has 0 aromatic heterocycles. The quantitative estimate of drug-likeness (QED) is 0.824. The van der Waals surface area contributed by atoms with Gasteiger partial charge in [0.15, 0.2) is 23.0 Å². The maximum absolute atomic E-state index is 6.03. The topological polar surface area (TPSA) is 40.0 Å². The van der Waals surface area contributed by atoms with Crippen LogP contribution in [0.2, 0.25) is 0 Å². The van der Waals surface area contributed by atoms with Crippen molar-refractivity contribution < 1.29 is 14.2 Å². The third-order valence-corrected chi connectivity index (χ3v) is 3.51. The summed E-state index contributed by atoms with van der Waals surface area (Å²) in [6.45, 7) is 4.06. The highest BCUT2D eigenvalue weighted by molar-refractivity contribution is 6.14. The molecule has 2 aliphatic rings. The van der Waals surface area contributed by atoms with Gasteiger partial charge in [0.1, 0.15) is 11.4 Å². The van der Waals surface area contributed by atoms with Crippen molar-refractivity contribution in [2.24, 2.45) is 4.99 Å². The molecule has 0 amide bonds. The third-order valence-electron chi connectivity index (χ3n) is 3.51. The lowest BCUT2D eigenvalue weighted by molar-refractivity contribution is 0.225. The van der Waals surface area contributed by atoms with E-state index in [0.29, 0.717) is 17.9 Å². The molecule has 0 fully saturated rings. The number of nitrogens with zero attached hydrogens (tertiary/aromatic N) is 1. The predicted octanol–water partition coefficient (Wildman–Crippen LogP) is 3.64. The number of methoxy groups -OCH3 is 2. The van der Waals surface area contributed by atoms with E-state index in [4.69, 9.17) is 14.2 Å². The molecule has 1 aliphatic heterocycles. The summed E-state index contributed by atoms with van der Waals surface area (Å²) in [5.41, 5.74) is 3.77. The standard InChI is InChI=1S/C16H17NO3/c1-9-5-6-11-12(7-9)20-15-10(2)8-13(18-3)16(19-4)14(15)17-11/h5-7H,8H2,1-4H3. The zero-order valence-electron chi connectivity index (χ0n) is 12.1. The number of allylic oxidation sites excluding steroid dienone is 1. The smallest absolute Gasteiger partial charge is 0.186 e. The van der Waals surface area contributed by atoms with Gasteiger partial charge in [-0.3, -0.25) is 0 Å². The number of fused-ring (bicyclic) bond motifs is 2. The Morgan fingerprint density at radius 1 is 1.15 bits per heavy atom. The van der Waals surface area contributed by atoms with Gasteiger partial charge in [0.25, 0.3) is 0 Å². The molecule has 0 unspecified atom stereocenters. The highest BCUT2D eigenvalue weighted by atomic mass is 16.5. The van der Waals surface area contributed by atoms with Crippen molar-refractivity contribution in [1.82, 2.24) is 0 Å². The van der Waals surface area contributed by atoms with Crippen LogP contribution in [-0.4, -0.2) is 19.9 Å². The summed E-state index contributed by atoms with van der Waals surface area (Å²) >= 11 is 0. The fourth-order valence-electron chi connectivity index (χ4n) is 2.48. The van der Waals surface area contributed by atoms with Crippen LogP contribution in [0.5, 0.6) is 5.75 Å². The van der Waals surface area contributed by atoms with E-state index in [2.05, 4.69) is 4.99 Å². The number of hydrogen-bond acceptors (Lipinski definition) is 4. The second kappa shape index (κ2) is 4.71. The summed E-state index contributed by atoms with van der Waals surface area (Å²) in [5.74, 6) is 3.01. The Balaban J connectivity index is 2.18. The monoisotopic (exact) mass is 271 g/mol. The predicted molar refractivity (Wildman–Crippen MR) is 77.3 cm³/mol. The Morgan fingerprint density at radius 3 is 2.65 bits per heavy atom. The lowest BCUT2D eigenvalue weighted by atomic mass is 9.99. The second-order valence-electron chi connectivity index (χ2n) is 4.98. The highest BCUT2D eigenvalue weighted by Crippen LogP contribution is 2.40. The normalized spacial score (nSPS) is 17.1. The minimum Gasteiger partial charge on any atom is -0.497 e. The summed E-state index contributed by atoms with van der Waals surface area (Å²) in [4.78, 5) is 4.68. The largest absolute Gasteiger partial charge is 0.497 e. The van der Waals surface area contributed by atoms with Crippen LogP contribution in [0, 0.1) is 6.92 Å². The maximum Gasteiger partial charge on any atom is 0.186 e. The Labute approximate surface area is 118 Å². The molecule has 0 N–H and O–H groups in total. The average molecular weight is 271 g/mol. The van der Waals surface area contributed by atoms with Crippen LogP contribution in [0.4, 0.5) is 5.69 Å². The van der Waals surface area contributed by atoms with Crippen molar-refractivity contribution in [2.45, 2.75) is 20.3 Å². The van der Waals surface area contributed by atoms with Crippen LogP contribution < -0.4 is 4.74 Å². The molecule has 3 rings (SSSR count). The van der Waals surface area contributed by atoms with Crippen LogP contribution in [-0.2, 0) is 9.47 Å². The molecule has 4 heteroatoms. The zero-order valence-corrected chi connectivity index (χ0v) is 12.1. The van der Waals surface area contributed by atoms with Crippen molar-refractivity contribution in [2.75, 3.05) is 14.2 Å². The number of hydrogen-bond donors (Lipinski definition) is 0. The van der Waals surface area contributed by atoms with Gasteiger partial charge in [-0.2, -0.15) is 0 Å². The van der Waals surface area contributed by atoms with Gasteiger partial charge >= 0.3 is 0 Å². The molecule has 0 atom stereocenters. The number of aryl methyl sites for hydroxylation is 1. The van der Waals surface area contributed by atoms with E-state index in [-0.39, 0.29) is 0 Å². The molecule has 1 aliphatic carbocycles. The van der Waals surface area contributed by atoms with E-state index < -0.39 is 0 Å². The van der Waals surface area contributed by atoms with E-state index >= 15 is 0 Å². The first-order chi connectivity index (χ1) is 9.63. The molecule has 0 bridgehead atoms. The van der Waals surface area contributed by atoms with Gasteiger partial charge in [-0.25, -0.2) is 4.99 Å². The van der Waals surface area contributed by atoms with Crippen LogP contribution in [0.3, 0.4) is 0 Å². The van der Waals surface area contributed by atoms with Crippen molar-refractivity contribution in [3.05, 3.63) is 46.6 Å². The van der Waals surface area contributed by atoms with Crippen LogP contribution >= 0.6 is 0 Å². The van der Waals surface area contributed by atoms with Gasteiger partial charge in [-0.15, -0.1) is 0 Å². The molecule has 1 aromatic carbocycles. The minimum atomic E-state index is 0.652. The first kappa shape index (κ1) is 12.8. The van der Waals surface area contributed by atoms with Gasteiger partial charge in [0.05, 0.1) is 14.2 Å². The van der Waals surface area contributed by atoms with Gasteiger partial charge in [-0.1, -0.05) is 6.07 Å². The van der Waals surface area contributed by atoms with Crippen molar-refractivity contribution in [3.63, 3.8) is 0 Å². The van der Waals surface area contributed by atoms with E-state index in [0.717, 1.165) is 34.1 Å². The molecular weight excluding hydrogens is 254 g/mol. The van der Waals surface area contributed by atoms with Gasteiger partial charge in [0.2, 0.25) is 0 Å². The Hall–Kier alpha value is -2.23. The fraction of sp³-hybridized carbons (Fsp3) is 0.312. The molecule has 0 saturated heterocycles. The molecule has 0 saturated carbocycles. The maximum atomic E-state index is 6.03.